The minimum atomic E-state index is -2.39. The molecule has 1 saturated heterocycles. The molecule has 1 aromatic rings. The maximum atomic E-state index is 14.1. The molecule has 1 aromatic carbocycles. The van der Waals surface area contributed by atoms with E-state index < -0.39 is 18.4 Å². The number of amides is 1. The van der Waals surface area contributed by atoms with E-state index in [1.54, 1.807) is 17.7 Å². The van der Waals surface area contributed by atoms with Crippen molar-refractivity contribution in [3.8, 4) is 0 Å². The van der Waals surface area contributed by atoms with Crippen LogP contribution in [0.5, 0.6) is 0 Å². The summed E-state index contributed by atoms with van der Waals surface area (Å²) in [6.45, 7) is 11.5. The van der Waals surface area contributed by atoms with Gasteiger partial charge in [-0.3, -0.25) is 0 Å². The average molecular weight is 767 g/mol. The van der Waals surface area contributed by atoms with Crippen molar-refractivity contribution in [2.45, 2.75) is 141 Å². The summed E-state index contributed by atoms with van der Waals surface area (Å²) in [5, 5.41) is 10.2. The van der Waals surface area contributed by atoms with Crippen LogP contribution in [-0.2, 0) is 16.1 Å². The van der Waals surface area contributed by atoms with Gasteiger partial charge in [-0.2, -0.15) is 0 Å². The van der Waals surface area contributed by atoms with Gasteiger partial charge in [0.15, 0.2) is 0 Å². The van der Waals surface area contributed by atoms with Gasteiger partial charge in [-0.25, -0.2) is 0 Å². The quantitative estimate of drug-likeness (QED) is 0.170. The van der Waals surface area contributed by atoms with E-state index in [2.05, 4.69) is 44.7 Å². The van der Waals surface area contributed by atoms with Gasteiger partial charge in [0.25, 0.3) is 0 Å². The third-order valence-corrected chi connectivity index (χ3v) is 32.6. The van der Waals surface area contributed by atoms with Crippen LogP contribution < -0.4 is 0 Å². The van der Waals surface area contributed by atoms with E-state index in [-0.39, 0.29) is 35.7 Å². The Morgan fingerprint density at radius 2 is 1.71 bits per heavy atom. The van der Waals surface area contributed by atoms with Crippen LogP contribution in [0.15, 0.2) is 30.3 Å². The number of hydrogen-bond donors (Lipinski definition) is 1. The predicted octanol–water partition coefficient (Wildman–Crippen LogP) is 9.70. The number of carbonyl (C=O) groups excluding carboxylic acids is 1. The number of unbranched alkanes of at least 4 members (excludes halogenated alkanes) is 3. The van der Waals surface area contributed by atoms with Crippen LogP contribution in [0, 0.1) is 51.2 Å². The number of aliphatic hydroxyl groups excluding tert-OH is 1. The minimum Gasteiger partial charge on any atom is -0.0622 e. The molecule has 0 aromatic heterocycles. The Bertz CT molecular complexity index is 1320. The Hall–Kier alpha value is -0.791. The molecule has 6 heteroatoms. The molecule has 5 nitrogen and oxygen atoms in total. The van der Waals surface area contributed by atoms with Crippen molar-refractivity contribution >= 4 is 24.5 Å². The minimum absolute atomic E-state index is 0.0880. The van der Waals surface area contributed by atoms with Gasteiger partial charge in [0.2, 0.25) is 0 Å². The number of carbonyl (C=O) groups is 1. The third kappa shape index (κ3) is 4.83. The van der Waals surface area contributed by atoms with Gasteiger partial charge in [0.05, 0.1) is 0 Å². The molecule has 0 radical (unpaired) electrons. The smallest absolute Gasteiger partial charge is 0.0622 e. The second-order valence-electron chi connectivity index (χ2n) is 18.6. The topological polar surface area (TPSA) is 59.0 Å². The number of benzene rings is 1. The predicted molar refractivity (Wildman–Crippen MR) is 194 cm³/mol. The Morgan fingerprint density at radius 3 is 2.38 bits per heavy atom. The molecule has 2 spiro atoms. The molecule has 1 N–H and O–H groups in total. The van der Waals surface area contributed by atoms with E-state index in [9.17, 15) is 9.90 Å². The summed E-state index contributed by atoms with van der Waals surface area (Å²) in [6, 6.07) is 10.5. The van der Waals surface area contributed by atoms with Crippen LogP contribution in [-0.4, -0.2) is 66.4 Å². The molecule has 1 aliphatic heterocycles. The molecule has 8 aliphatic rings. The first-order chi connectivity index (χ1) is 23.3. The summed E-state index contributed by atoms with van der Waals surface area (Å²) >= 11 is -2.39. The zero-order chi connectivity index (χ0) is 33.4. The zero-order valence-corrected chi connectivity index (χ0v) is 33.5. The number of hydrogen-bond acceptors (Lipinski definition) is 4. The van der Waals surface area contributed by atoms with Crippen molar-refractivity contribution in [2.24, 2.45) is 51.2 Å². The van der Waals surface area contributed by atoms with Gasteiger partial charge in [-0.05, 0) is 0 Å². The fraction of sp³-hybridized carbons (Fsp3) is 0.833. The first-order valence-electron chi connectivity index (χ1n) is 20.5. The van der Waals surface area contributed by atoms with Gasteiger partial charge >= 0.3 is 279 Å². The molecule has 1 heterocycles. The standard InChI is InChI=1S/C30H38NO4.3C4H9.Sn/c1-27-9-6-10-30-21-13-19-22-23(25(30)34-12-11-32)29(21,16-28(19,22)2)14-20(24(27)30)31(17-27)26(33)35-15-18-7-4-3-5-8-18;3*1-3-4-2;/h3-5,7-8,19-25,32H,2,6,9-17H2,1H3;3*1,3-4H2,2H3;/t19-,20+,21-,22?,23?,24-,25?,27+,28-,29+,30-;;;;/m1..../s1. The Kier molecular flexibility index (Phi) is 9.08. The summed E-state index contributed by atoms with van der Waals surface area (Å²) in [7, 11) is 0. The van der Waals surface area contributed by atoms with E-state index in [1.165, 1.54) is 77.0 Å². The van der Waals surface area contributed by atoms with Crippen LogP contribution >= 0.6 is 0 Å². The summed E-state index contributed by atoms with van der Waals surface area (Å²) in [5.41, 5.74) is 2.20. The molecule has 11 atom stereocenters. The van der Waals surface area contributed by atoms with Crippen LogP contribution in [0.4, 0.5) is 4.79 Å². The molecule has 7 bridgehead atoms. The first kappa shape index (κ1) is 34.3. The molecular formula is C42H65NO4Sn. The van der Waals surface area contributed by atoms with Crippen LogP contribution in [0.25, 0.3) is 0 Å². The van der Waals surface area contributed by atoms with Crippen LogP contribution in [0.3, 0.4) is 0 Å². The second kappa shape index (κ2) is 12.7. The van der Waals surface area contributed by atoms with Gasteiger partial charge in [-0.1, -0.05) is 18.2 Å². The molecule has 8 fully saturated rings. The van der Waals surface area contributed by atoms with Gasteiger partial charge in [-0.15, -0.1) is 0 Å². The maximum absolute atomic E-state index is 14.1. The number of likely N-dealkylation sites (tertiary alicyclic amines) is 1. The number of ether oxygens (including phenoxy) is 2. The number of aliphatic hydroxyl groups is 1. The van der Waals surface area contributed by atoms with Crippen molar-refractivity contribution in [1.82, 2.24) is 4.90 Å². The summed E-state index contributed by atoms with van der Waals surface area (Å²) < 4.78 is 19.7. The number of nitrogens with zero attached hydrogens (tertiary/aromatic N) is 1. The average Bonchev–Trinajstić information content (AvgIpc) is 3.47. The van der Waals surface area contributed by atoms with Crippen molar-refractivity contribution in [2.75, 3.05) is 19.8 Å². The monoisotopic (exact) mass is 767 g/mol. The van der Waals surface area contributed by atoms with Crippen molar-refractivity contribution < 1.29 is 19.4 Å². The van der Waals surface area contributed by atoms with E-state index in [0.717, 1.165) is 29.9 Å². The van der Waals surface area contributed by atoms with Crippen LogP contribution in [0.2, 0.25) is 17.7 Å². The molecule has 48 heavy (non-hydrogen) atoms. The molecule has 3 unspecified atom stereocenters. The van der Waals surface area contributed by atoms with Gasteiger partial charge in [0.1, 0.15) is 0 Å². The van der Waals surface area contributed by atoms with E-state index in [0.29, 0.717) is 35.9 Å². The van der Waals surface area contributed by atoms with Gasteiger partial charge < -0.3 is 0 Å². The Morgan fingerprint density at radius 1 is 1.00 bits per heavy atom. The Labute approximate surface area is 295 Å². The van der Waals surface area contributed by atoms with E-state index in [4.69, 9.17) is 9.47 Å². The van der Waals surface area contributed by atoms with Gasteiger partial charge in [0, 0.05) is 0 Å². The summed E-state index contributed by atoms with van der Waals surface area (Å²) in [5.74, 6) is 3.62. The van der Waals surface area contributed by atoms with Crippen LogP contribution in [0.1, 0.15) is 110 Å². The fourth-order valence-corrected chi connectivity index (χ4v) is 34.3. The van der Waals surface area contributed by atoms with Crippen molar-refractivity contribution in [3.05, 3.63) is 35.9 Å². The molecular weight excluding hydrogens is 701 g/mol. The zero-order valence-electron chi connectivity index (χ0n) is 30.7. The van der Waals surface area contributed by atoms with E-state index >= 15 is 0 Å². The van der Waals surface area contributed by atoms with Crippen molar-refractivity contribution in [3.63, 3.8) is 0 Å². The molecule has 7 aliphatic carbocycles. The van der Waals surface area contributed by atoms with Crippen molar-refractivity contribution in [1.29, 1.82) is 0 Å². The molecule has 1 amide bonds. The van der Waals surface area contributed by atoms with E-state index in [1.807, 2.05) is 18.2 Å². The Balaban J connectivity index is 1.15. The summed E-state index contributed by atoms with van der Waals surface area (Å²) in [4.78, 5) is 16.4. The normalized spacial score (nSPS) is 42.6. The number of rotatable bonds is 16. The molecule has 7 saturated carbocycles. The second-order valence-corrected chi connectivity index (χ2v) is 32.5. The molecule has 9 rings (SSSR count). The fourth-order valence-electron chi connectivity index (χ4n) is 15.4. The molecule has 266 valence electrons. The third-order valence-electron chi connectivity index (χ3n) is 16.4. The summed E-state index contributed by atoms with van der Waals surface area (Å²) in [6.07, 6.45) is 16.4. The first-order valence-corrected chi connectivity index (χ1v) is 28.6. The SMILES string of the molecule is CCC[CH2][Sn]([CH2]CCC)([CH2]CCC)[CH2][C@]12C[C@]34C[C@H]5[C@@H]6[C@@](C)(CCC[C@]67C(OCCO)C3C1[C@H]2C[C@H]47)CN5C(=O)OCc1ccccc1.